The molecule has 0 saturated carbocycles. The lowest BCUT2D eigenvalue weighted by atomic mass is 10.1. The highest BCUT2D eigenvalue weighted by atomic mass is 16.5. The molecule has 0 aliphatic rings. The molecular weight excluding hydrogens is 340 g/mol. The van der Waals surface area contributed by atoms with Gasteiger partial charge in [0, 0.05) is 11.9 Å². The summed E-state index contributed by atoms with van der Waals surface area (Å²) in [6.45, 7) is 4.16. The Morgan fingerprint density at radius 2 is 1.37 bits per heavy atom. The molecule has 1 heterocycles. The first-order chi connectivity index (χ1) is 13.0. The molecule has 3 aromatic rings. The molecule has 2 aromatic carbocycles. The van der Waals surface area contributed by atoms with Gasteiger partial charge in [0.05, 0.1) is 21.3 Å². The van der Waals surface area contributed by atoms with Gasteiger partial charge in [-0.3, -0.25) is 0 Å². The summed E-state index contributed by atoms with van der Waals surface area (Å²) in [5.74, 6) is 2.58. The summed E-state index contributed by atoms with van der Waals surface area (Å²) in [5.41, 5.74) is 5.38. The van der Waals surface area contributed by atoms with Crippen molar-refractivity contribution in [2.24, 2.45) is 0 Å². The van der Waals surface area contributed by atoms with Gasteiger partial charge in [0.1, 0.15) is 5.82 Å². The quantitative estimate of drug-likeness (QED) is 0.657. The number of hydrogen-bond donors (Lipinski definition) is 1. The van der Waals surface area contributed by atoms with Crippen molar-refractivity contribution >= 4 is 11.5 Å². The van der Waals surface area contributed by atoms with Crippen LogP contribution in [0.1, 0.15) is 11.1 Å². The molecule has 0 saturated heterocycles. The monoisotopic (exact) mass is 364 g/mol. The van der Waals surface area contributed by atoms with E-state index in [9.17, 15) is 0 Å². The van der Waals surface area contributed by atoms with E-state index in [0.29, 0.717) is 17.2 Å². The third-order valence-electron chi connectivity index (χ3n) is 4.25. The molecule has 0 amide bonds. The third kappa shape index (κ3) is 4.14. The second-order valence-electron chi connectivity index (χ2n) is 6.35. The van der Waals surface area contributed by atoms with Crippen molar-refractivity contribution in [1.29, 1.82) is 0 Å². The molecule has 0 radical (unpaired) electrons. The van der Waals surface area contributed by atoms with Crippen molar-refractivity contribution in [2.45, 2.75) is 13.8 Å². The van der Waals surface area contributed by atoms with Crippen molar-refractivity contribution in [2.75, 3.05) is 26.6 Å². The van der Waals surface area contributed by atoms with Crippen molar-refractivity contribution in [3.05, 3.63) is 59.8 Å². The number of aromatic nitrogens is 1. The topological polar surface area (TPSA) is 52.6 Å². The van der Waals surface area contributed by atoms with E-state index >= 15 is 0 Å². The molecule has 27 heavy (non-hydrogen) atoms. The van der Waals surface area contributed by atoms with E-state index in [1.807, 2.05) is 24.3 Å². The first-order valence-electron chi connectivity index (χ1n) is 8.66. The molecule has 0 aliphatic carbocycles. The number of aryl methyl sites for hydroxylation is 2. The highest BCUT2D eigenvalue weighted by Gasteiger charge is 2.14. The Balaban J connectivity index is 1.98. The summed E-state index contributed by atoms with van der Waals surface area (Å²) >= 11 is 0. The number of ether oxygens (including phenoxy) is 3. The Kier molecular flexibility index (Phi) is 5.50. The van der Waals surface area contributed by atoms with Gasteiger partial charge < -0.3 is 19.5 Å². The van der Waals surface area contributed by atoms with Gasteiger partial charge >= 0.3 is 0 Å². The molecule has 5 nitrogen and oxygen atoms in total. The van der Waals surface area contributed by atoms with Crippen molar-refractivity contribution in [1.82, 2.24) is 4.98 Å². The van der Waals surface area contributed by atoms with Crippen LogP contribution in [0.5, 0.6) is 17.2 Å². The SMILES string of the molecule is COc1cc(-c2ccnc(Nc3cc(C)cc(C)c3)c2)cc(OC)c1OC. The van der Waals surface area contributed by atoms with E-state index in [0.717, 1.165) is 22.6 Å². The van der Waals surface area contributed by atoms with Crippen LogP contribution in [0.2, 0.25) is 0 Å². The van der Waals surface area contributed by atoms with Crippen LogP contribution < -0.4 is 19.5 Å². The molecule has 0 aliphatic heterocycles. The standard InChI is InChI=1S/C22H24N2O3/c1-14-8-15(2)10-18(9-14)24-21-13-16(6-7-23-21)17-11-19(25-3)22(27-5)20(12-17)26-4/h6-13H,1-5H3,(H,23,24). The van der Waals surface area contributed by atoms with Gasteiger partial charge in [-0.25, -0.2) is 4.98 Å². The van der Waals surface area contributed by atoms with E-state index in [1.54, 1.807) is 27.5 Å². The molecule has 0 spiro atoms. The first kappa shape index (κ1) is 18.6. The molecular formula is C22H24N2O3. The van der Waals surface area contributed by atoms with Gasteiger partial charge in [0.15, 0.2) is 11.5 Å². The lowest BCUT2D eigenvalue weighted by Gasteiger charge is -2.15. The fraction of sp³-hybridized carbons (Fsp3) is 0.227. The molecule has 0 unspecified atom stereocenters. The predicted molar refractivity (Wildman–Crippen MR) is 109 cm³/mol. The van der Waals surface area contributed by atoms with Gasteiger partial charge in [-0.1, -0.05) is 6.07 Å². The number of anilines is 2. The molecule has 5 heteroatoms. The van der Waals surface area contributed by atoms with Crippen LogP contribution in [0.4, 0.5) is 11.5 Å². The summed E-state index contributed by atoms with van der Waals surface area (Å²) in [6.07, 6.45) is 1.78. The maximum absolute atomic E-state index is 5.46. The van der Waals surface area contributed by atoms with Crippen LogP contribution in [-0.4, -0.2) is 26.3 Å². The molecule has 0 bridgehead atoms. The number of nitrogens with one attached hydrogen (secondary N) is 1. The maximum atomic E-state index is 5.46. The van der Waals surface area contributed by atoms with Crippen molar-refractivity contribution < 1.29 is 14.2 Å². The average molecular weight is 364 g/mol. The number of nitrogens with zero attached hydrogens (tertiary/aromatic N) is 1. The van der Waals surface area contributed by atoms with E-state index in [-0.39, 0.29) is 0 Å². The highest BCUT2D eigenvalue weighted by molar-refractivity contribution is 5.73. The Labute approximate surface area is 159 Å². The van der Waals surface area contributed by atoms with Crippen LogP contribution in [-0.2, 0) is 0 Å². The number of benzene rings is 2. The second kappa shape index (κ2) is 7.99. The third-order valence-corrected chi connectivity index (χ3v) is 4.25. The number of rotatable bonds is 6. The second-order valence-corrected chi connectivity index (χ2v) is 6.35. The zero-order chi connectivity index (χ0) is 19.4. The normalized spacial score (nSPS) is 10.4. The van der Waals surface area contributed by atoms with Crippen LogP contribution in [0.3, 0.4) is 0 Å². The fourth-order valence-electron chi connectivity index (χ4n) is 3.12. The van der Waals surface area contributed by atoms with Gasteiger partial charge in [-0.05, 0) is 72.5 Å². The molecule has 1 aromatic heterocycles. The lowest BCUT2D eigenvalue weighted by molar-refractivity contribution is 0.324. The smallest absolute Gasteiger partial charge is 0.203 e. The zero-order valence-corrected chi connectivity index (χ0v) is 16.3. The van der Waals surface area contributed by atoms with E-state index in [1.165, 1.54) is 11.1 Å². The van der Waals surface area contributed by atoms with Crippen LogP contribution >= 0.6 is 0 Å². The summed E-state index contributed by atoms with van der Waals surface area (Å²) < 4.78 is 16.3. The Hall–Kier alpha value is -3.21. The van der Waals surface area contributed by atoms with Crippen LogP contribution in [0.25, 0.3) is 11.1 Å². The van der Waals surface area contributed by atoms with Crippen LogP contribution in [0.15, 0.2) is 48.7 Å². The van der Waals surface area contributed by atoms with Gasteiger partial charge in [-0.2, -0.15) is 0 Å². The number of pyridine rings is 1. The minimum atomic E-state index is 0.575. The zero-order valence-electron chi connectivity index (χ0n) is 16.3. The van der Waals surface area contributed by atoms with Gasteiger partial charge in [-0.15, -0.1) is 0 Å². The molecule has 0 atom stereocenters. The largest absolute Gasteiger partial charge is 0.493 e. The minimum Gasteiger partial charge on any atom is -0.493 e. The minimum absolute atomic E-state index is 0.575. The molecule has 1 N–H and O–H groups in total. The Morgan fingerprint density at radius 3 is 1.93 bits per heavy atom. The fourth-order valence-corrected chi connectivity index (χ4v) is 3.12. The van der Waals surface area contributed by atoms with E-state index in [2.05, 4.69) is 42.3 Å². The van der Waals surface area contributed by atoms with Gasteiger partial charge in [0.25, 0.3) is 0 Å². The number of methoxy groups -OCH3 is 3. The Morgan fingerprint density at radius 1 is 0.741 bits per heavy atom. The van der Waals surface area contributed by atoms with Crippen LogP contribution in [0, 0.1) is 13.8 Å². The summed E-state index contributed by atoms with van der Waals surface area (Å²) in [4.78, 5) is 4.44. The predicted octanol–water partition coefficient (Wildman–Crippen LogP) is 5.13. The van der Waals surface area contributed by atoms with E-state index < -0.39 is 0 Å². The average Bonchev–Trinajstić information content (AvgIpc) is 2.66. The first-order valence-corrected chi connectivity index (χ1v) is 8.66. The molecule has 140 valence electrons. The van der Waals surface area contributed by atoms with Crippen molar-refractivity contribution in [3.8, 4) is 28.4 Å². The molecule has 0 fully saturated rings. The summed E-state index contributed by atoms with van der Waals surface area (Å²) in [5, 5.41) is 3.38. The summed E-state index contributed by atoms with van der Waals surface area (Å²) in [7, 11) is 4.82. The van der Waals surface area contributed by atoms with Crippen molar-refractivity contribution in [3.63, 3.8) is 0 Å². The highest BCUT2D eigenvalue weighted by Crippen LogP contribution is 2.41. The lowest BCUT2D eigenvalue weighted by Crippen LogP contribution is -1.97. The van der Waals surface area contributed by atoms with E-state index in [4.69, 9.17) is 14.2 Å². The van der Waals surface area contributed by atoms with Gasteiger partial charge in [0.2, 0.25) is 5.75 Å². The Bertz CT molecular complexity index is 909. The summed E-state index contributed by atoms with van der Waals surface area (Å²) in [6, 6.07) is 14.1. The maximum Gasteiger partial charge on any atom is 0.203 e. The molecule has 3 rings (SSSR count). The number of hydrogen-bond acceptors (Lipinski definition) is 5.